The zero-order valence-corrected chi connectivity index (χ0v) is 13.2. The summed E-state index contributed by atoms with van der Waals surface area (Å²) in [5.74, 6) is 1.73. The normalized spacial score (nSPS) is 13.9. The molecular weight excluding hydrogens is 290 g/mol. The summed E-state index contributed by atoms with van der Waals surface area (Å²) in [6.45, 7) is 0. The molecule has 1 aromatic carbocycles. The van der Waals surface area contributed by atoms with Gasteiger partial charge in [0.15, 0.2) is 11.5 Å². The van der Waals surface area contributed by atoms with E-state index >= 15 is 0 Å². The molecule has 21 heavy (non-hydrogen) atoms. The topological polar surface area (TPSA) is 40.6 Å². The second-order valence-electron chi connectivity index (χ2n) is 5.10. The van der Waals surface area contributed by atoms with Gasteiger partial charge in [0, 0.05) is 11.8 Å². The van der Waals surface area contributed by atoms with Crippen LogP contribution in [0.4, 0.5) is 0 Å². The van der Waals surface area contributed by atoms with E-state index in [-0.39, 0.29) is 0 Å². The number of benzene rings is 1. The Hall–Kier alpha value is -1.68. The van der Waals surface area contributed by atoms with E-state index < -0.39 is 0 Å². The van der Waals surface area contributed by atoms with Gasteiger partial charge >= 0.3 is 0 Å². The van der Waals surface area contributed by atoms with Gasteiger partial charge in [0.1, 0.15) is 0 Å². The minimum Gasteiger partial charge on any atom is -0.493 e. The molecule has 0 fully saturated rings. The van der Waals surface area contributed by atoms with Crippen molar-refractivity contribution in [3.63, 3.8) is 0 Å². The van der Waals surface area contributed by atoms with Crippen LogP contribution in [-0.4, -0.2) is 26.3 Å². The third-order valence-corrected chi connectivity index (χ3v) is 4.40. The third kappa shape index (κ3) is 2.18. The van der Waals surface area contributed by atoms with Gasteiger partial charge in [-0.05, 0) is 31.2 Å². The van der Waals surface area contributed by atoms with E-state index in [4.69, 9.17) is 30.8 Å². The fourth-order valence-electron chi connectivity index (χ4n) is 2.99. The van der Waals surface area contributed by atoms with Crippen LogP contribution in [0.5, 0.6) is 17.2 Å². The maximum Gasteiger partial charge on any atom is 0.204 e. The predicted octanol–water partition coefficient (Wildman–Crippen LogP) is 3.79. The largest absolute Gasteiger partial charge is 0.493 e. The first-order valence-corrected chi connectivity index (χ1v) is 7.39. The monoisotopic (exact) mass is 307 g/mol. The average molecular weight is 308 g/mol. The Bertz CT molecular complexity index is 695. The molecule has 0 aliphatic heterocycles. The molecule has 1 aliphatic carbocycles. The van der Waals surface area contributed by atoms with E-state index in [9.17, 15) is 0 Å². The molecule has 112 valence electrons. The number of aryl methyl sites for hydroxylation is 1. The molecule has 4 nitrogen and oxygen atoms in total. The molecule has 1 aromatic heterocycles. The van der Waals surface area contributed by atoms with Crippen molar-refractivity contribution < 1.29 is 14.2 Å². The molecule has 0 bridgehead atoms. The first-order chi connectivity index (χ1) is 10.2. The highest BCUT2D eigenvalue weighted by Crippen LogP contribution is 2.47. The summed E-state index contributed by atoms with van der Waals surface area (Å²) < 4.78 is 16.3. The Labute approximate surface area is 129 Å². The molecule has 0 N–H and O–H groups in total. The Morgan fingerprint density at radius 2 is 1.71 bits per heavy atom. The van der Waals surface area contributed by atoms with E-state index in [1.807, 2.05) is 6.07 Å². The summed E-state index contributed by atoms with van der Waals surface area (Å²) >= 11 is 6.65. The lowest BCUT2D eigenvalue weighted by Gasteiger charge is -2.20. The van der Waals surface area contributed by atoms with E-state index in [0.29, 0.717) is 17.2 Å². The van der Waals surface area contributed by atoms with Crippen LogP contribution in [0.2, 0.25) is 5.02 Å². The molecule has 0 atom stereocenters. The summed E-state index contributed by atoms with van der Waals surface area (Å²) in [6.07, 6.45) is 4.25. The highest BCUT2D eigenvalue weighted by atomic mass is 35.5. The van der Waals surface area contributed by atoms with Crippen LogP contribution < -0.4 is 14.2 Å². The Kier molecular flexibility index (Phi) is 3.81. The van der Waals surface area contributed by atoms with Crippen LogP contribution in [-0.2, 0) is 12.8 Å². The minimum atomic E-state index is 0.548. The van der Waals surface area contributed by atoms with Crippen LogP contribution in [0.25, 0.3) is 10.9 Å². The van der Waals surface area contributed by atoms with Crippen LogP contribution in [0.1, 0.15) is 24.1 Å². The first-order valence-electron chi connectivity index (χ1n) is 7.01. The van der Waals surface area contributed by atoms with E-state index in [1.165, 1.54) is 0 Å². The molecule has 1 heterocycles. The maximum absolute atomic E-state index is 6.65. The van der Waals surface area contributed by atoms with E-state index in [0.717, 1.165) is 52.9 Å². The number of aromatic nitrogens is 1. The molecule has 0 unspecified atom stereocenters. The fraction of sp³-hybridized carbons (Fsp3) is 0.438. The number of pyridine rings is 1. The van der Waals surface area contributed by atoms with Gasteiger partial charge in [-0.1, -0.05) is 11.6 Å². The van der Waals surface area contributed by atoms with E-state index in [2.05, 4.69) is 0 Å². The number of hydrogen-bond donors (Lipinski definition) is 0. The van der Waals surface area contributed by atoms with Gasteiger partial charge in [-0.15, -0.1) is 0 Å². The van der Waals surface area contributed by atoms with Gasteiger partial charge in [-0.25, -0.2) is 0 Å². The number of rotatable bonds is 3. The first kappa shape index (κ1) is 14.3. The van der Waals surface area contributed by atoms with Crippen molar-refractivity contribution in [3.05, 3.63) is 22.3 Å². The van der Waals surface area contributed by atoms with Crippen molar-refractivity contribution >= 4 is 22.5 Å². The summed E-state index contributed by atoms with van der Waals surface area (Å²) in [4.78, 5) is 4.77. The van der Waals surface area contributed by atoms with Crippen molar-refractivity contribution in [2.45, 2.75) is 25.7 Å². The summed E-state index contributed by atoms with van der Waals surface area (Å²) in [5, 5.41) is 1.53. The minimum absolute atomic E-state index is 0.548. The van der Waals surface area contributed by atoms with Crippen LogP contribution in [0.3, 0.4) is 0 Å². The number of methoxy groups -OCH3 is 3. The molecular formula is C16H18ClNO3. The molecule has 5 heteroatoms. The summed E-state index contributed by atoms with van der Waals surface area (Å²) in [6, 6.07) is 1.86. The maximum atomic E-state index is 6.65. The van der Waals surface area contributed by atoms with Gasteiger partial charge in [0.25, 0.3) is 0 Å². The van der Waals surface area contributed by atoms with Gasteiger partial charge in [0.05, 0.1) is 37.3 Å². The second kappa shape index (κ2) is 5.60. The lowest BCUT2D eigenvalue weighted by atomic mass is 9.94. The SMILES string of the molecule is COc1cc2nc3c(c(Cl)c2c(OC)c1OC)CCCC3. The average Bonchev–Trinajstić information content (AvgIpc) is 2.53. The van der Waals surface area contributed by atoms with Gasteiger partial charge in [-0.2, -0.15) is 0 Å². The molecule has 1 aliphatic rings. The zero-order valence-electron chi connectivity index (χ0n) is 12.5. The van der Waals surface area contributed by atoms with E-state index in [1.54, 1.807) is 21.3 Å². The third-order valence-electron chi connectivity index (χ3n) is 3.99. The zero-order chi connectivity index (χ0) is 15.0. The van der Waals surface area contributed by atoms with Crippen molar-refractivity contribution in [1.82, 2.24) is 4.98 Å². The van der Waals surface area contributed by atoms with Crippen molar-refractivity contribution in [2.24, 2.45) is 0 Å². The number of nitrogens with zero attached hydrogens (tertiary/aromatic N) is 1. The lowest BCUT2D eigenvalue weighted by molar-refractivity contribution is 0.327. The Morgan fingerprint density at radius 3 is 2.38 bits per heavy atom. The highest BCUT2D eigenvalue weighted by Gasteiger charge is 2.23. The van der Waals surface area contributed by atoms with Crippen LogP contribution in [0, 0.1) is 0 Å². The van der Waals surface area contributed by atoms with Crippen molar-refractivity contribution in [3.8, 4) is 17.2 Å². The molecule has 0 saturated carbocycles. The molecule has 0 radical (unpaired) electrons. The lowest BCUT2D eigenvalue weighted by Crippen LogP contribution is -2.07. The molecule has 0 saturated heterocycles. The number of hydrogen-bond acceptors (Lipinski definition) is 4. The van der Waals surface area contributed by atoms with Gasteiger partial charge in [-0.3, -0.25) is 4.98 Å². The molecule has 0 spiro atoms. The second-order valence-corrected chi connectivity index (χ2v) is 5.48. The molecule has 3 rings (SSSR count). The van der Waals surface area contributed by atoms with Crippen LogP contribution >= 0.6 is 11.6 Å². The quantitative estimate of drug-likeness (QED) is 0.865. The smallest absolute Gasteiger partial charge is 0.204 e. The molecule has 0 amide bonds. The van der Waals surface area contributed by atoms with Crippen molar-refractivity contribution in [2.75, 3.05) is 21.3 Å². The van der Waals surface area contributed by atoms with Gasteiger partial charge in [0.2, 0.25) is 5.75 Å². The van der Waals surface area contributed by atoms with Gasteiger partial charge < -0.3 is 14.2 Å². The Balaban J connectivity index is 2.40. The number of halogens is 1. The molecule has 2 aromatic rings. The van der Waals surface area contributed by atoms with Crippen LogP contribution in [0.15, 0.2) is 6.07 Å². The Morgan fingerprint density at radius 1 is 1.00 bits per heavy atom. The summed E-state index contributed by atoms with van der Waals surface area (Å²) in [7, 11) is 4.79. The highest BCUT2D eigenvalue weighted by molar-refractivity contribution is 6.37. The fourth-order valence-corrected chi connectivity index (χ4v) is 3.38. The predicted molar refractivity (Wildman–Crippen MR) is 83.1 cm³/mol. The standard InChI is InChI=1S/C16H18ClNO3/c1-19-12-8-11-13(16(21-3)15(12)20-2)14(17)9-6-4-5-7-10(9)18-11/h8H,4-7H2,1-3H3. The summed E-state index contributed by atoms with van der Waals surface area (Å²) in [5.41, 5.74) is 3.02. The number of ether oxygens (including phenoxy) is 3. The van der Waals surface area contributed by atoms with Crippen molar-refractivity contribution in [1.29, 1.82) is 0 Å². The number of fused-ring (bicyclic) bond motifs is 2.